The van der Waals surface area contributed by atoms with Crippen LogP contribution in [0.2, 0.25) is 0 Å². The predicted molar refractivity (Wildman–Crippen MR) is 93.2 cm³/mol. The monoisotopic (exact) mass is 368 g/mol. The molecule has 0 aliphatic carbocycles. The molecule has 1 atom stereocenters. The van der Waals surface area contributed by atoms with E-state index in [4.69, 9.17) is 0 Å². The first-order valence-corrected chi connectivity index (χ1v) is 10.8. The molecular formula is C15H20N4O3S2. The molecule has 2 aromatic heterocycles. The van der Waals surface area contributed by atoms with Crippen LogP contribution in [0.1, 0.15) is 12.1 Å². The lowest BCUT2D eigenvalue weighted by atomic mass is 10.2. The molecule has 2 fully saturated rings. The van der Waals surface area contributed by atoms with Gasteiger partial charge in [-0.3, -0.25) is 19.0 Å². The number of thiazole rings is 1. The second-order valence-electron chi connectivity index (χ2n) is 6.51. The van der Waals surface area contributed by atoms with Crippen molar-refractivity contribution in [1.29, 1.82) is 0 Å². The molecule has 130 valence electrons. The fourth-order valence-corrected chi connectivity index (χ4v) is 6.05. The van der Waals surface area contributed by atoms with Gasteiger partial charge < -0.3 is 0 Å². The molecule has 2 saturated heterocycles. The zero-order valence-corrected chi connectivity index (χ0v) is 14.9. The van der Waals surface area contributed by atoms with E-state index in [1.54, 1.807) is 16.7 Å². The van der Waals surface area contributed by atoms with Gasteiger partial charge in [0.15, 0.2) is 14.8 Å². The van der Waals surface area contributed by atoms with E-state index in [2.05, 4.69) is 14.8 Å². The Bertz CT molecular complexity index is 897. The third-order valence-electron chi connectivity index (χ3n) is 4.87. The van der Waals surface area contributed by atoms with Crippen LogP contribution in [0.5, 0.6) is 0 Å². The lowest BCUT2D eigenvalue weighted by molar-refractivity contribution is 0.0993. The first kappa shape index (κ1) is 16.2. The molecule has 2 aromatic rings. The molecule has 1 unspecified atom stereocenters. The molecule has 0 spiro atoms. The van der Waals surface area contributed by atoms with Crippen molar-refractivity contribution in [2.45, 2.75) is 19.0 Å². The zero-order chi connectivity index (χ0) is 16.7. The van der Waals surface area contributed by atoms with Crippen LogP contribution in [0, 0.1) is 0 Å². The minimum absolute atomic E-state index is 0.0361. The van der Waals surface area contributed by atoms with Gasteiger partial charge in [0.1, 0.15) is 0 Å². The molecule has 0 bridgehead atoms. The Hall–Kier alpha value is -1.29. The van der Waals surface area contributed by atoms with E-state index < -0.39 is 9.84 Å². The van der Waals surface area contributed by atoms with Crippen LogP contribution in [0.4, 0.5) is 0 Å². The van der Waals surface area contributed by atoms with Crippen molar-refractivity contribution in [2.75, 3.05) is 37.7 Å². The molecule has 0 amide bonds. The molecule has 0 N–H and O–H groups in total. The van der Waals surface area contributed by atoms with Crippen molar-refractivity contribution < 1.29 is 8.42 Å². The second-order valence-corrected chi connectivity index (χ2v) is 9.61. The summed E-state index contributed by atoms with van der Waals surface area (Å²) in [5.41, 5.74) is 0.769. The van der Waals surface area contributed by atoms with Gasteiger partial charge in [0.2, 0.25) is 0 Å². The highest BCUT2D eigenvalue weighted by molar-refractivity contribution is 7.91. The first-order valence-electron chi connectivity index (χ1n) is 8.13. The van der Waals surface area contributed by atoms with E-state index in [1.807, 2.05) is 5.38 Å². The second kappa shape index (κ2) is 6.21. The van der Waals surface area contributed by atoms with Crippen LogP contribution in [0.15, 0.2) is 22.4 Å². The Labute approximate surface area is 144 Å². The molecule has 4 rings (SSSR count). The molecule has 2 aliphatic rings. The van der Waals surface area contributed by atoms with Gasteiger partial charge in [-0.1, -0.05) is 0 Å². The minimum Gasteiger partial charge on any atom is -0.297 e. The molecule has 0 saturated carbocycles. The Morgan fingerprint density at radius 3 is 2.75 bits per heavy atom. The minimum atomic E-state index is -2.83. The Morgan fingerprint density at radius 1 is 1.25 bits per heavy atom. The quantitative estimate of drug-likeness (QED) is 0.763. The molecular weight excluding hydrogens is 348 g/mol. The van der Waals surface area contributed by atoms with Crippen molar-refractivity contribution in [3.05, 3.63) is 33.7 Å². The number of nitrogens with zero attached hydrogens (tertiary/aromatic N) is 4. The number of fused-ring (bicyclic) bond motifs is 1. The normalized spacial score (nSPS) is 25.4. The van der Waals surface area contributed by atoms with Gasteiger partial charge in [-0.05, 0) is 6.42 Å². The molecule has 2 aliphatic heterocycles. The van der Waals surface area contributed by atoms with Crippen molar-refractivity contribution >= 4 is 26.1 Å². The molecule has 0 aromatic carbocycles. The largest absolute Gasteiger partial charge is 0.297 e. The number of hydrogen-bond donors (Lipinski definition) is 0. The van der Waals surface area contributed by atoms with Crippen molar-refractivity contribution in [2.24, 2.45) is 0 Å². The lowest BCUT2D eigenvalue weighted by Gasteiger charge is -2.37. The van der Waals surface area contributed by atoms with Gasteiger partial charge in [0, 0.05) is 56.4 Å². The number of rotatable bonds is 3. The maximum Gasteiger partial charge on any atom is 0.258 e. The number of hydrogen-bond acceptors (Lipinski definition) is 7. The van der Waals surface area contributed by atoms with Crippen LogP contribution in [0.25, 0.3) is 4.96 Å². The topological polar surface area (TPSA) is 75.0 Å². The summed E-state index contributed by atoms with van der Waals surface area (Å²) in [6.45, 7) is 4.17. The van der Waals surface area contributed by atoms with Gasteiger partial charge in [0.25, 0.3) is 5.56 Å². The summed E-state index contributed by atoms with van der Waals surface area (Å²) in [4.78, 5) is 21.9. The molecule has 0 radical (unpaired) electrons. The highest BCUT2D eigenvalue weighted by atomic mass is 32.2. The molecule has 4 heterocycles. The maximum atomic E-state index is 12.0. The van der Waals surface area contributed by atoms with Crippen LogP contribution in [-0.2, 0) is 16.4 Å². The Kier molecular flexibility index (Phi) is 4.19. The third kappa shape index (κ3) is 3.26. The summed E-state index contributed by atoms with van der Waals surface area (Å²) in [7, 11) is -2.83. The van der Waals surface area contributed by atoms with E-state index in [0.29, 0.717) is 18.1 Å². The standard InChI is InChI=1S/C15H20N4O3S2/c20-14-9-12(16-15-19(14)6-7-23-15)10-17-2-4-18(5-3-17)13-1-8-24(21,22)11-13/h6-7,9,13H,1-5,8,10-11H2. The Morgan fingerprint density at radius 2 is 2.04 bits per heavy atom. The highest BCUT2D eigenvalue weighted by Gasteiger charge is 2.33. The SMILES string of the molecule is O=c1cc(CN2CCN(C3CCS(=O)(=O)C3)CC2)nc2sccn12. The van der Waals surface area contributed by atoms with E-state index >= 15 is 0 Å². The summed E-state index contributed by atoms with van der Waals surface area (Å²) in [6, 6.07) is 1.79. The Balaban J connectivity index is 1.38. The van der Waals surface area contributed by atoms with E-state index in [0.717, 1.165) is 43.3 Å². The van der Waals surface area contributed by atoms with E-state index in [1.165, 1.54) is 11.3 Å². The molecule has 9 heteroatoms. The van der Waals surface area contributed by atoms with E-state index in [-0.39, 0.29) is 11.6 Å². The van der Waals surface area contributed by atoms with Crippen LogP contribution < -0.4 is 5.56 Å². The van der Waals surface area contributed by atoms with Crippen molar-refractivity contribution in [1.82, 2.24) is 19.2 Å². The predicted octanol–water partition coefficient (Wildman–Crippen LogP) is 0.0607. The van der Waals surface area contributed by atoms with Gasteiger partial charge in [-0.25, -0.2) is 13.4 Å². The number of aromatic nitrogens is 2. The van der Waals surface area contributed by atoms with Gasteiger partial charge in [0.05, 0.1) is 17.2 Å². The molecule has 24 heavy (non-hydrogen) atoms. The maximum absolute atomic E-state index is 12.0. The highest BCUT2D eigenvalue weighted by Crippen LogP contribution is 2.19. The summed E-state index contributed by atoms with van der Waals surface area (Å²) in [6.07, 6.45) is 2.50. The van der Waals surface area contributed by atoms with Gasteiger partial charge >= 0.3 is 0 Å². The zero-order valence-electron chi connectivity index (χ0n) is 13.3. The van der Waals surface area contributed by atoms with Crippen LogP contribution in [-0.4, -0.2) is 71.3 Å². The average Bonchev–Trinajstić information content (AvgIpc) is 3.14. The van der Waals surface area contributed by atoms with Crippen molar-refractivity contribution in [3.8, 4) is 0 Å². The summed E-state index contributed by atoms with van der Waals surface area (Å²) in [5, 5.41) is 1.86. The van der Waals surface area contributed by atoms with Crippen LogP contribution >= 0.6 is 11.3 Å². The average molecular weight is 368 g/mol. The summed E-state index contributed by atoms with van der Waals surface area (Å²) < 4.78 is 24.8. The van der Waals surface area contributed by atoms with E-state index in [9.17, 15) is 13.2 Å². The third-order valence-corrected chi connectivity index (χ3v) is 7.38. The first-order chi connectivity index (χ1) is 11.5. The molecule has 7 nitrogen and oxygen atoms in total. The lowest BCUT2D eigenvalue weighted by Crippen LogP contribution is -2.50. The fraction of sp³-hybridized carbons (Fsp3) is 0.600. The summed E-state index contributed by atoms with van der Waals surface area (Å²) >= 11 is 1.46. The van der Waals surface area contributed by atoms with Gasteiger partial charge in [-0.2, -0.15) is 0 Å². The van der Waals surface area contributed by atoms with Crippen LogP contribution in [0.3, 0.4) is 0 Å². The number of sulfone groups is 1. The fourth-order valence-electron chi connectivity index (χ4n) is 3.55. The van der Waals surface area contributed by atoms with Gasteiger partial charge in [-0.15, -0.1) is 11.3 Å². The smallest absolute Gasteiger partial charge is 0.258 e. The summed E-state index contributed by atoms with van der Waals surface area (Å²) in [5.74, 6) is 0.632. The number of piperazine rings is 1. The van der Waals surface area contributed by atoms with Crippen molar-refractivity contribution in [3.63, 3.8) is 0 Å².